The van der Waals surface area contributed by atoms with E-state index in [1.54, 1.807) is 0 Å². The van der Waals surface area contributed by atoms with Crippen molar-refractivity contribution in [3.05, 3.63) is 0 Å². The van der Waals surface area contributed by atoms with Gasteiger partial charge in [0.05, 0.1) is 0 Å². The van der Waals surface area contributed by atoms with Gasteiger partial charge in [-0.1, -0.05) is 0 Å². The van der Waals surface area contributed by atoms with E-state index in [2.05, 4.69) is 0 Å². The van der Waals surface area contributed by atoms with Gasteiger partial charge in [-0.05, 0) is 0 Å². The quantitative estimate of drug-likeness (QED) is 0.517. The summed E-state index contributed by atoms with van der Waals surface area (Å²) in [6.45, 7) is 0. The van der Waals surface area contributed by atoms with Crippen molar-refractivity contribution in [1.82, 2.24) is 0 Å². The molecule has 0 saturated heterocycles. The van der Waals surface area contributed by atoms with Gasteiger partial charge >= 0.3 is 117 Å². The minimum absolute atomic E-state index is 0. The average Bonchev–Trinajstić information content (AvgIpc) is 0. The van der Waals surface area contributed by atoms with Gasteiger partial charge in [-0.15, -0.1) is 0 Å². The van der Waals surface area contributed by atoms with Gasteiger partial charge in [0, 0.05) is 0 Å². The molecule has 0 aromatic heterocycles. The summed E-state index contributed by atoms with van der Waals surface area (Å²) >= 11 is 0. The van der Waals surface area contributed by atoms with Gasteiger partial charge in [-0.3, -0.25) is 0 Å². The van der Waals surface area contributed by atoms with Crippen LogP contribution in [0.25, 0.3) is 0 Å². The van der Waals surface area contributed by atoms with E-state index in [1.165, 1.54) is 0 Å². The molecule has 0 aromatic rings. The zero-order valence-electron chi connectivity index (χ0n) is 2.73. The molecule has 0 spiro atoms. The summed E-state index contributed by atoms with van der Waals surface area (Å²) in [5.74, 6) is 0. The zero-order valence-corrected chi connectivity index (χ0v) is 13.8. The largest absolute Gasteiger partial charge is 3.00 e. The van der Waals surface area contributed by atoms with Gasteiger partial charge in [0.15, 0.2) is 0 Å². The van der Waals surface area contributed by atoms with Gasteiger partial charge in [-0.2, -0.15) is 0 Å². The monoisotopic (exact) mass is 366 g/mol. The van der Waals surface area contributed by atoms with Crippen molar-refractivity contribution in [2.45, 2.75) is 0 Å². The minimum Gasteiger partial charge on any atom is -2.00 e. The van der Waals surface area contributed by atoms with E-state index >= 15 is 0 Å². The fourth-order valence-corrected chi connectivity index (χ4v) is 0. The first-order chi connectivity index (χ1) is 0. The molecule has 5 heavy (non-hydrogen) atoms. The maximum Gasteiger partial charge on any atom is 3.00 e. The van der Waals surface area contributed by atoms with Gasteiger partial charge in [-0.25, -0.2) is 0 Å². The molecule has 0 aliphatic heterocycles. The third-order valence-corrected chi connectivity index (χ3v) is 0. The first-order valence-electron chi connectivity index (χ1n) is 0. The van der Waals surface area contributed by atoms with E-state index in [0.717, 1.165) is 0 Å². The second kappa shape index (κ2) is 25.1. The smallest absolute Gasteiger partial charge is 2.00 e. The van der Waals surface area contributed by atoms with Crippen LogP contribution < -0.4 is 0 Å². The molecule has 0 bridgehead atoms. The van der Waals surface area contributed by atoms with Crippen molar-refractivity contribution >= 4 is 45.5 Å². The molecule has 0 fully saturated rings. The topological polar surface area (TPSA) is 28.5 Å². The first kappa shape index (κ1) is 37.3. The molecule has 15 valence electrons. The molecule has 1 nitrogen and oxygen atoms in total. The first-order valence-corrected chi connectivity index (χ1v) is 0. The molecule has 0 heterocycles. The van der Waals surface area contributed by atoms with Crippen molar-refractivity contribution in [1.29, 1.82) is 0 Å². The van der Waals surface area contributed by atoms with Crippen LogP contribution >= 0.6 is 0 Å². The zero-order chi connectivity index (χ0) is 0. The molecule has 0 amide bonds. The van der Waals surface area contributed by atoms with Gasteiger partial charge in [0.1, 0.15) is 0 Å². The van der Waals surface area contributed by atoms with Crippen molar-refractivity contribution in [3.63, 3.8) is 0 Å². The van der Waals surface area contributed by atoms with Gasteiger partial charge < -0.3 is 5.48 Å². The van der Waals surface area contributed by atoms with Crippen LogP contribution in [0, 0.1) is 35.6 Å². The SMILES string of the molecule is [Co+2].[La+3].[O-2].[Sr+2].[Zn+2]. The number of hydrogen-bond acceptors (Lipinski definition) is 0. The summed E-state index contributed by atoms with van der Waals surface area (Å²) < 4.78 is 0. The maximum absolute atomic E-state index is 0. The third kappa shape index (κ3) is 18.2. The molecule has 0 rings (SSSR count). The van der Waals surface area contributed by atoms with Crippen molar-refractivity contribution < 1.29 is 77.3 Å². The van der Waals surface area contributed by atoms with E-state index in [0.29, 0.717) is 0 Å². The van der Waals surface area contributed by atoms with Crippen LogP contribution in [0.3, 0.4) is 0 Å². The Hall–Kier alpha value is 3.77. The van der Waals surface area contributed by atoms with Crippen LogP contribution in [0.2, 0.25) is 0 Å². The van der Waals surface area contributed by atoms with Crippen LogP contribution in [0.4, 0.5) is 0 Å². The van der Waals surface area contributed by atoms with E-state index in [4.69, 9.17) is 0 Å². The Morgan fingerprint density at radius 1 is 1.00 bits per heavy atom. The summed E-state index contributed by atoms with van der Waals surface area (Å²) in [5, 5.41) is 0. The molecule has 0 aliphatic carbocycles. The van der Waals surface area contributed by atoms with Gasteiger partial charge in [0.25, 0.3) is 0 Å². The van der Waals surface area contributed by atoms with Crippen LogP contribution in [0.5, 0.6) is 0 Å². The standard InChI is InChI=1S/Co.La.O.Sr.Zn/q+2;+3;-2;2*+2. The molecule has 1 radical (unpaired) electrons. The van der Waals surface area contributed by atoms with Gasteiger partial charge in [0.2, 0.25) is 0 Å². The average molecular weight is 367 g/mol. The second-order valence-corrected chi connectivity index (χ2v) is 0. The minimum atomic E-state index is 0. The Bertz CT molecular complexity index is 11.6. The Balaban J connectivity index is 0. The van der Waals surface area contributed by atoms with E-state index in [-0.39, 0.29) is 123 Å². The summed E-state index contributed by atoms with van der Waals surface area (Å²) in [4.78, 5) is 0. The van der Waals surface area contributed by atoms with Crippen LogP contribution in [-0.2, 0) is 41.7 Å². The van der Waals surface area contributed by atoms with E-state index in [9.17, 15) is 0 Å². The molecule has 0 N–H and O–H groups in total. The number of hydrogen-bond donors (Lipinski definition) is 0. The maximum atomic E-state index is 0. The van der Waals surface area contributed by atoms with E-state index in [1.807, 2.05) is 0 Å². The summed E-state index contributed by atoms with van der Waals surface area (Å²) in [6, 6.07) is 0. The molecular formula is CoLaOSrZn+7. The normalized spacial score (nSPS) is 0. The summed E-state index contributed by atoms with van der Waals surface area (Å²) in [7, 11) is 0. The summed E-state index contributed by atoms with van der Waals surface area (Å²) in [5.41, 5.74) is 0. The Kier molecular flexibility index (Phi) is 187. The van der Waals surface area contributed by atoms with Crippen molar-refractivity contribution in [2.75, 3.05) is 0 Å². The van der Waals surface area contributed by atoms with Crippen molar-refractivity contribution in [3.8, 4) is 0 Å². The molecule has 0 saturated carbocycles. The number of rotatable bonds is 0. The summed E-state index contributed by atoms with van der Waals surface area (Å²) in [6.07, 6.45) is 0. The van der Waals surface area contributed by atoms with Crippen LogP contribution in [0.15, 0.2) is 0 Å². The van der Waals surface area contributed by atoms with E-state index < -0.39 is 0 Å². The second-order valence-electron chi connectivity index (χ2n) is 0. The Labute approximate surface area is 120 Å². The molecule has 0 aliphatic rings. The molecule has 0 unspecified atom stereocenters. The fraction of sp³-hybridized carbons (Fsp3) is 0. The van der Waals surface area contributed by atoms with Crippen molar-refractivity contribution in [2.24, 2.45) is 0 Å². The fourth-order valence-electron chi connectivity index (χ4n) is 0. The molecule has 0 atom stereocenters. The molecular weight excluding hydrogens is 367 g/mol. The molecule has 5 heteroatoms. The predicted octanol–water partition coefficient (Wildman–Crippen LogP) is -0.505. The Morgan fingerprint density at radius 2 is 1.00 bits per heavy atom. The predicted molar refractivity (Wildman–Crippen MR) is 6.44 cm³/mol. The van der Waals surface area contributed by atoms with Crippen LogP contribution in [-0.4, -0.2) is 45.5 Å². The third-order valence-electron chi connectivity index (χ3n) is 0. The Morgan fingerprint density at radius 3 is 1.00 bits per heavy atom. The molecule has 0 aromatic carbocycles. The van der Waals surface area contributed by atoms with Crippen LogP contribution in [0.1, 0.15) is 0 Å².